The second-order valence-electron chi connectivity index (χ2n) is 24.7. The Morgan fingerprint density at radius 3 is 1.28 bits per heavy atom. The normalized spacial score (nSPS) is 26.0. The highest BCUT2D eigenvalue weighted by atomic mass is 16.2. The number of nitrogens with zero attached hydrogens (tertiary/aromatic N) is 7. The van der Waals surface area contributed by atoms with Crippen LogP contribution in [0.5, 0.6) is 0 Å². The number of hydrogen-bond acceptors (Lipinski definition) is 11. The van der Waals surface area contributed by atoms with Crippen LogP contribution in [-0.2, 0) is 52.7 Å². The zero-order valence-electron chi connectivity index (χ0n) is 53.6. The number of nitrogens with one attached hydrogen (secondary N) is 4. The number of rotatable bonds is 15. The van der Waals surface area contributed by atoms with Crippen molar-refractivity contribution in [2.75, 3.05) is 62.4 Å². The SMILES string of the molecule is C=C/C=C/C[C@@H](C)CC1C(=O)N[C@@H](CC)C(=O)N(C)CC(=O)N(C)[C@@H](CC(C)C)C(=O)NC(C(C)C)C(=O)N(C)[C@@H](CC(C)C)C(=O)N[C@@H](C)C(=O)N[C@H](C)C(=O)N(C)C(CC(C)C)C(=O)N(C)[C@@H](CC(C)C)C(=O)N(C)CC(=O)N1C. The maximum absolute atomic E-state index is 14.7. The van der Waals surface area contributed by atoms with Crippen LogP contribution >= 0.6 is 0 Å². The maximum Gasteiger partial charge on any atom is 0.245 e. The highest BCUT2D eigenvalue weighted by Gasteiger charge is 2.41. The molecule has 0 aliphatic carbocycles. The van der Waals surface area contributed by atoms with Gasteiger partial charge in [-0.3, -0.25) is 52.7 Å². The average Bonchev–Trinajstić information content (AvgIpc) is 3.39. The highest BCUT2D eigenvalue weighted by Crippen LogP contribution is 2.23. The molecular weight excluding hydrogens is 1050 g/mol. The molecule has 1 heterocycles. The molecule has 3 unspecified atom stereocenters. The van der Waals surface area contributed by atoms with E-state index in [9.17, 15) is 52.7 Å². The van der Waals surface area contributed by atoms with Gasteiger partial charge in [0.15, 0.2) is 0 Å². The third kappa shape index (κ3) is 22.1. The fourth-order valence-electron chi connectivity index (χ4n) is 9.86. The molecule has 1 rings (SSSR count). The zero-order valence-corrected chi connectivity index (χ0v) is 53.6. The molecule has 4 N–H and O–H groups in total. The summed E-state index contributed by atoms with van der Waals surface area (Å²) < 4.78 is 0. The van der Waals surface area contributed by atoms with Gasteiger partial charge >= 0.3 is 0 Å². The molecule has 22 nitrogen and oxygen atoms in total. The Morgan fingerprint density at radius 2 is 0.829 bits per heavy atom. The minimum atomic E-state index is -1.21. The first-order valence-corrected chi connectivity index (χ1v) is 29.3. The minimum Gasteiger partial charge on any atom is -0.343 e. The molecule has 0 radical (unpaired) electrons. The van der Waals surface area contributed by atoms with E-state index in [2.05, 4.69) is 27.8 Å². The Balaban J connectivity index is 4.14. The van der Waals surface area contributed by atoms with Crippen LogP contribution in [0, 0.1) is 35.5 Å². The third-order valence-corrected chi connectivity index (χ3v) is 15.1. The van der Waals surface area contributed by atoms with Crippen molar-refractivity contribution >= 4 is 65.0 Å². The van der Waals surface area contributed by atoms with E-state index in [0.29, 0.717) is 6.42 Å². The molecule has 0 saturated carbocycles. The molecule has 1 aliphatic rings. The van der Waals surface area contributed by atoms with Gasteiger partial charge < -0.3 is 55.6 Å². The lowest BCUT2D eigenvalue weighted by molar-refractivity contribution is -0.152. The van der Waals surface area contributed by atoms with Crippen molar-refractivity contribution in [1.29, 1.82) is 0 Å². The van der Waals surface area contributed by atoms with Crippen LogP contribution in [0.1, 0.15) is 142 Å². The van der Waals surface area contributed by atoms with Gasteiger partial charge in [0.2, 0.25) is 65.0 Å². The largest absolute Gasteiger partial charge is 0.343 e. The summed E-state index contributed by atoms with van der Waals surface area (Å²) >= 11 is 0. The van der Waals surface area contributed by atoms with E-state index in [0.717, 1.165) is 4.90 Å². The van der Waals surface area contributed by atoms with Gasteiger partial charge in [-0.15, -0.1) is 0 Å². The quantitative estimate of drug-likeness (QED) is 0.173. The van der Waals surface area contributed by atoms with Gasteiger partial charge in [-0.2, -0.15) is 0 Å². The molecule has 0 spiro atoms. The first-order valence-electron chi connectivity index (χ1n) is 29.3. The molecule has 11 amide bonds. The predicted molar refractivity (Wildman–Crippen MR) is 318 cm³/mol. The van der Waals surface area contributed by atoms with E-state index in [1.807, 2.05) is 68.4 Å². The van der Waals surface area contributed by atoms with Crippen LogP contribution in [0.4, 0.5) is 0 Å². The Morgan fingerprint density at radius 1 is 0.451 bits per heavy atom. The summed E-state index contributed by atoms with van der Waals surface area (Å²) in [6, 6.07) is -10.3. The van der Waals surface area contributed by atoms with Crippen molar-refractivity contribution in [3.05, 3.63) is 24.8 Å². The Bertz CT molecular complexity index is 2250. The number of carbonyl (C=O) groups is 11. The van der Waals surface area contributed by atoms with Crippen molar-refractivity contribution in [2.45, 2.75) is 196 Å². The average molecular weight is 1160 g/mol. The van der Waals surface area contributed by atoms with Crippen molar-refractivity contribution in [2.24, 2.45) is 35.5 Å². The van der Waals surface area contributed by atoms with Crippen LogP contribution in [0.25, 0.3) is 0 Å². The molecular formula is C60H105N11O11. The molecule has 0 aromatic heterocycles. The van der Waals surface area contributed by atoms with Crippen molar-refractivity contribution in [1.82, 2.24) is 55.6 Å². The van der Waals surface area contributed by atoms with Gasteiger partial charge in [-0.25, -0.2) is 0 Å². The van der Waals surface area contributed by atoms with Crippen LogP contribution < -0.4 is 21.3 Å². The monoisotopic (exact) mass is 1160 g/mol. The predicted octanol–water partition coefficient (Wildman–Crippen LogP) is 3.44. The topological polar surface area (TPSA) is 259 Å². The summed E-state index contributed by atoms with van der Waals surface area (Å²) in [5.41, 5.74) is 0. The lowest BCUT2D eigenvalue weighted by Crippen LogP contribution is -2.60. The molecule has 0 bridgehead atoms. The van der Waals surface area contributed by atoms with Crippen molar-refractivity contribution < 1.29 is 52.7 Å². The molecule has 22 heteroatoms. The van der Waals surface area contributed by atoms with E-state index < -0.39 is 138 Å². The van der Waals surface area contributed by atoms with Gasteiger partial charge in [-0.1, -0.05) is 108 Å². The van der Waals surface area contributed by atoms with E-state index in [1.54, 1.807) is 32.9 Å². The first-order chi connectivity index (χ1) is 37.9. The summed E-state index contributed by atoms with van der Waals surface area (Å²) in [6.45, 7) is 27.7. The number of hydrogen-bond donors (Lipinski definition) is 4. The number of amides is 11. The van der Waals surface area contributed by atoms with E-state index in [4.69, 9.17) is 0 Å². The third-order valence-electron chi connectivity index (χ3n) is 15.1. The van der Waals surface area contributed by atoms with E-state index in [-0.39, 0.29) is 68.1 Å². The lowest BCUT2D eigenvalue weighted by Gasteiger charge is -2.38. The van der Waals surface area contributed by atoms with E-state index >= 15 is 0 Å². The summed E-state index contributed by atoms with van der Waals surface area (Å²) in [7, 11) is 10.1. The fraction of sp³-hybridized carbons (Fsp3) is 0.750. The van der Waals surface area contributed by atoms with Crippen LogP contribution in [0.15, 0.2) is 24.8 Å². The molecule has 1 saturated heterocycles. The van der Waals surface area contributed by atoms with Crippen molar-refractivity contribution in [3.8, 4) is 0 Å². The van der Waals surface area contributed by atoms with Gasteiger partial charge in [0, 0.05) is 49.3 Å². The Kier molecular flexibility index (Phi) is 30.8. The van der Waals surface area contributed by atoms with Crippen molar-refractivity contribution in [3.63, 3.8) is 0 Å². The minimum absolute atomic E-state index is 0.105. The molecule has 0 aromatic rings. The molecule has 1 fully saturated rings. The summed E-state index contributed by atoms with van der Waals surface area (Å²) in [5, 5.41) is 11.1. The summed E-state index contributed by atoms with van der Waals surface area (Å²) in [6.07, 6.45) is 6.78. The molecule has 466 valence electrons. The second kappa shape index (κ2) is 34.3. The van der Waals surface area contributed by atoms with Gasteiger partial charge in [-0.05, 0) is 94.3 Å². The fourth-order valence-corrected chi connectivity index (χ4v) is 9.86. The number of allylic oxidation sites excluding steroid dienone is 3. The van der Waals surface area contributed by atoms with Gasteiger partial charge in [0.25, 0.3) is 0 Å². The van der Waals surface area contributed by atoms with Crippen LogP contribution in [0.3, 0.4) is 0 Å². The number of carbonyl (C=O) groups excluding carboxylic acids is 11. The Hall–Kier alpha value is -6.35. The smallest absolute Gasteiger partial charge is 0.245 e. The van der Waals surface area contributed by atoms with E-state index in [1.165, 1.54) is 92.6 Å². The second-order valence-corrected chi connectivity index (χ2v) is 24.7. The molecule has 82 heavy (non-hydrogen) atoms. The molecule has 1 aliphatic heterocycles. The van der Waals surface area contributed by atoms with Crippen LogP contribution in [-0.4, -0.2) is 216 Å². The lowest BCUT2D eigenvalue weighted by atomic mass is 9.96. The highest BCUT2D eigenvalue weighted by molar-refractivity contribution is 5.99. The zero-order chi connectivity index (χ0) is 63.4. The molecule has 0 aromatic carbocycles. The Labute approximate surface area is 490 Å². The van der Waals surface area contributed by atoms with Gasteiger partial charge in [0.05, 0.1) is 13.1 Å². The first kappa shape index (κ1) is 73.7. The maximum atomic E-state index is 14.7. The number of likely N-dealkylation sites (N-methyl/N-ethyl adjacent to an activating group) is 7. The summed E-state index contributed by atoms with van der Waals surface area (Å²) in [5.74, 6) is -7.94. The molecule has 10 atom stereocenters. The standard InChI is InChI=1S/C60H105N11O11/c1-23-25-26-27-40(13)32-46-54(76)63-43(24-2)57(79)65(16)33-49(72)67(18)44(28-35(3)4)55(77)64-51(39(11)12)60(82)69(20)45(29-36(5)6)53(75)61-41(14)52(74)62-42(15)56(78)70(21)48(31-38(9)10)59(81)71(22)47(30-37(7)8)58(80)66(17)34-50(73)68(46)19/h23,25-26,35-48,51H,1,24,27-34H2,2-22H3,(H,61,75)(H,62,74)(H,63,76)(H,64,77)/b26-25+/t40-,41+,42-,43+,44+,45+,46?,47+,48?,51?/m1/s1. The summed E-state index contributed by atoms with van der Waals surface area (Å²) in [4.78, 5) is 166. The van der Waals surface area contributed by atoms with Crippen LogP contribution in [0.2, 0.25) is 0 Å². The van der Waals surface area contributed by atoms with Gasteiger partial charge in [0.1, 0.15) is 54.4 Å².